The Balaban J connectivity index is 1.64. The van der Waals surface area contributed by atoms with E-state index in [-0.39, 0.29) is 0 Å². The fourth-order valence-corrected chi connectivity index (χ4v) is 3.31. The molecule has 0 spiro atoms. The minimum atomic E-state index is 0.617. The molecule has 1 saturated heterocycles. The minimum Gasteiger partial charge on any atom is -0.311 e. The quantitative estimate of drug-likeness (QED) is 0.822. The van der Waals surface area contributed by atoms with Gasteiger partial charge in [-0.25, -0.2) is 0 Å². The van der Waals surface area contributed by atoms with Gasteiger partial charge in [0.2, 0.25) is 0 Å². The van der Waals surface area contributed by atoms with E-state index in [1.807, 2.05) is 0 Å². The first-order valence-corrected chi connectivity index (χ1v) is 8.66. The summed E-state index contributed by atoms with van der Waals surface area (Å²) in [5, 5.41) is 3.84. The summed E-state index contributed by atoms with van der Waals surface area (Å²) in [6.07, 6.45) is 5.03. The van der Waals surface area contributed by atoms with Gasteiger partial charge < -0.3 is 10.2 Å². The Kier molecular flexibility index (Phi) is 6.72. The van der Waals surface area contributed by atoms with E-state index in [9.17, 15) is 0 Å². The van der Waals surface area contributed by atoms with Gasteiger partial charge >= 0.3 is 0 Å². The molecule has 0 saturated carbocycles. The van der Waals surface area contributed by atoms with E-state index in [1.54, 1.807) is 0 Å². The summed E-state index contributed by atoms with van der Waals surface area (Å²) in [7, 11) is 0. The predicted molar refractivity (Wildman–Crippen MR) is 91.7 cm³/mol. The van der Waals surface area contributed by atoms with Crippen LogP contribution in [0.1, 0.15) is 45.6 Å². The topological polar surface area (TPSA) is 15.3 Å². The second-order valence-electron chi connectivity index (χ2n) is 7.06. The van der Waals surface area contributed by atoms with E-state index in [2.05, 4.69) is 61.3 Å². The molecule has 1 heterocycles. The Labute approximate surface area is 130 Å². The Hall–Kier alpha value is -0.860. The zero-order chi connectivity index (χ0) is 15.1. The van der Waals surface area contributed by atoms with Crippen LogP contribution < -0.4 is 5.32 Å². The zero-order valence-corrected chi connectivity index (χ0v) is 14.0. The molecule has 1 N–H and O–H groups in total. The predicted octanol–water partition coefficient (Wildman–Crippen LogP) is 3.72. The minimum absolute atomic E-state index is 0.617. The van der Waals surface area contributed by atoms with Crippen molar-refractivity contribution in [2.24, 2.45) is 5.92 Å². The van der Waals surface area contributed by atoms with Gasteiger partial charge in [-0.05, 0) is 57.2 Å². The summed E-state index contributed by atoms with van der Waals surface area (Å²) >= 11 is 0. The van der Waals surface area contributed by atoms with Gasteiger partial charge in [0, 0.05) is 18.6 Å². The number of nitrogens with one attached hydrogen (secondary N) is 1. The lowest BCUT2D eigenvalue weighted by atomic mass is 10.0. The van der Waals surface area contributed by atoms with E-state index in [1.165, 1.54) is 50.9 Å². The van der Waals surface area contributed by atoms with Crippen LogP contribution in [0.3, 0.4) is 0 Å². The van der Waals surface area contributed by atoms with Crippen LogP contribution >= 0.6 is 0 Å². The van der Waals surface area contributed by atoms with Crippen molar-refractivity contribution in [1.82, 2.24) is 10.2 Å². The SMILES string of the molecule is CC(C)CN1CCC(N[C@H](C)CCc2ccccc2)CC1. The lowest BCUT2D eigenvalue weighted by Crippen LogP contribution is -2.46. The van der Waals surface area contributed by atoms with Crippen molar-refractivity contribution < 1.29 is 0 Å². The van der Waals surface area contributed by atoms with Crippen molar-refractivity contribution in [1.29, 1.82) is 0 Å². The number of benzene rings is 1. The summed E-state index contributed by atoms with van der Waals surface area (Å²) < 4.78 is 0. The fraction of sp³-hybridized carbons (Fsp3) is 0.684. The highest BCUT2D eigenvalue weighted by Crippen LogP contribution is 2.14. The molecule has 1 aromatic carbocycles. The summed E-state index contributed by atoms with van der Waals surface area (Å²) in [6, 6.07) is 12.2. The molecule has 1 atom stereocenters. The fourth-order valence-electron chi connectivity index (χ4n) is 3.31. The van der Waals surface area contributed by atoms with Gasteiger partial charge in [-0.15, -0.1) is 0 Å². The third-order valence-corrected chi connectivity index (χ3v) is 4.44. The maximum Gasteiger partial charge on any atom is 0.00938 e. The lowest BCUT2D eigenvalue weighted by molar-refractivity contribution is 0.174. The smallest absolute Gasteiger partial charge is 0.00938 e. The Morgan fingerprint density at radius 3 is 2.38 bits per heavy atom. The third-order valence-electron chi connectivity index (χ3n) is 4.44. The highest BCUT2D eigenvalue weighted by molar-refractivity contribution is 5.14. The summed E-state index contributed by atoms with van der Waals surface area (Å²) in [5.74, 6) is 0.791. The molecule has 21 heavy (non-hydrogen) atoms. The number of piperidine rings is 1. The molecule has 2 rings (SSSR count). The van der Waals surface area contributed by atoms with Gasteiger partial charge in [-0.1, -0.05) is 44.2 Å². The van der Waals surface area contributed by atoms with Gasteiger partial charge in [0.1, 0.15) is 0 Å². The van der Waals surface area contributed by atoms with Gasteiger partial charge in [0.25, 0.3) is 0 Å². The highest BCUT2D eigenvalue weighted by Gasteiger charge is 2.20. The van der Waals surface area contributed by atoms with Gasteiger partial charge in [-0.3, -0.25) is 0 Å². The molecule has 0 radical (unpaired) electrons. The largest absolute Gasteiger partial charge is 0.311 e. The van der Waals surface area contributed by atoms with Crippen molar-refractivity contribution in [3.63, 3.8) is 0 Å². The number of hydrogen-bond donors (Lipinski definition) is 1. The van der Waals surface area contributed by atoms with Gasteiger partial charge in [0.05, 0.1) is 0 Å². The lowest BCUT2D eigenvalue weighted by Gasteiger charge is -2.34. The molecule has 1 aromatic rings. The highest BCUT2D eigenvalue weighted by atomic mass is 15.1. The number of aryl methyl sites for hydroxylation is 1. The molecule has 1 fully saturated rings. The van der Waals surface area contributed by atoms with E-state index in [0.29, 0.717) is 6.04 Å². The third kappa shape index (κ3) is 6.19. The van der Waals surface area contributed by atoms with Crippen molar-refractivity contribution in [2.45, 2.75) is 58.5 Å². The summed E-state index contributed by atoms with van der Waals surface area (Å²) in [5.41, 5.74) is 1.46. The van der Waals surface area contributed by atoms with E-state index >= 15 is 0 Å². The second-order valence-corrected chi connectivity index (χ2v) is 7.06. The Morgan fingerprint density at radius 2 is 1.76 bits per heavy atom. The van der Waals surface area contributed by atoms with Gasteiger partial charge in [-0.2, -0.15) is 0 Å². The van der Waals surface area contributed by atoms with E-state index in [4.69, 9.17) is 0 Å². The molecular formula is C19H32N2. The maximum absolute atomic E-state index is 3.84. The number of rotatable bonds is 7. The second kappa shape index (κ2) is 8.55. The monoisotopic (exact) mass is 288 g/mol. The molecule has 0 amide bonds. The molecule has 1 aliphatic rings. The maximum atomic E-state index is 3.84. The van der Waals surface area contributed by atoms with Crippen LogP contribution in [0, 0.1) is 5.92 Å². The van der Waals surface area contributed by atoms with Crippen molar-refractivity contribution >= 4 is 0 Å². The van der Waals surface area contributed by atoms with Crippen LogP contribution in [0.5, 0.6) is 0 Å². The number of hydrogen-bond acceptors (Lipinski definition) is 2. The van der Waals surface area contributed by atoms with Crippen molar-refractivity contribution in [3.8, 4) is 0 Å². The molecule has 0 aromatic heterocycles. The van der Waals surface area contributed by atoms with Gasteiger partial charge in [0.15, 0.2) is 0 Å². The van der Waals surface area contributed by atoms with Crippen LogP contribution in [0.25, 0.3) is 0 Å². The average Bonchev–Trinajstić information content (AvgIpc) is 2.48. The molecule has 2 heteroatoms. The summed E-state index contributed by atoms with van der Waals surface area (Å²) in [6.45, 7) is 10.8. The molecule has 0 unspecified atom stereocenters. The molecule has 0 aliphatic carbocycles. The molecule has 118 valence electrons. The Morgan fingerprint density at radius 1 is 1.10 bits per heavy atom. The first-order chi connectivity index (χ1) is 10.1. The Bertz CT molecular complexity index is 380. The first-order valence-electron chi connectivity index (χ1n) is 8.66. The van der Waals surface area contributed by atoms with E-state index in [0.717, 1.165) is 12.0 Å². The zero-order valence-electron chi connectivity index (χ0n) is 14.0. The molecule has 1 aliphatic heterocycles. The van der Waals surface area contributed by atoms with Crippen molar-refractivity contribution in [3.05, 3.63) is 35.9 Å². The standard InChI is InChI=1S/C19H32N2/c1-16(2)15-21-13-11-19(12-14-21)20-17(3)9-10-18-7-5-4-6-8-18/h4-8,16-17,19-20H,9-15H2,1-3H3/t17-/m1/s1. The number of nitrogens with zero attached hydrogens (tertiary/aromatic N) is 1. The van der Waals surface area contributed by atoms with Crippen LogP contribution in [0.15, 0.2) is 30.3 Å². The molecule has 2 nitrogen and oxygen atoms in total. The average molecular weight is 288 g/mol. The number of likely N-dealkylation sites (tertiary alicyclic amines) is 1. The molecule has 0 bridgehead atoms. The van der Waals surface area contributed by atoms with Crippen molar-refractivity contribution in [2.75, 3.05) is 19.6 Å². The first kappa shape index (κ1) is 16.5. The molecular weight excluding hydrogens is 256 g/mol. The normalized spacial score (nSPS) is 19.0. The van der Waals surface area contributed by atoms with Crippen LogP contribution in [0.4, 0.5) is 0 Å². The van der Waals surface area contributed by atoms with Crippen LogP contribution in [-0.2, 0) is 6.42 Å². The van der Waals surface area contributed by atoms with Crippen LogP contribution in [-0.4, -0.2) is 36.6 Å². The van der Waals surface area contributed by atoms with Crippen LogP contribution in [0.2, 0.25) is 0 Å². The summed E-state index contributed by atoms with van der Waals surface area (Å²) in [4.78, 5) is 2.62. The van der Waals surface area contributed by atoms with E-state index < -0.39 is 0 Å².